The third-order valence-electron chi connectivity index (χ3n) is 4.25. The highest BCUT2D eigenvalue weighted by Gasteiger charge is 2.31. The van der Waals surface area contributed by atoms with Gasteiger partial charge in [-0.1, -0.05) is 38.1 Å². The topological polar surface area (TPSA) is 76.7 Å². The number of para-hydroxylation sites is 1. The molecule has 0 fully saturated rings. The van der Waals surface area contributed by atoms with Gasteiger partial charge in [0.15, 0.2) is 0 Å². The van der Waals surface area contributed by atoms with Crippen LogP contribution in [-0.4, -0.2) is 11.1 Å². The number of fused-ring (bicyclic) bond motifs is 1. The number of benzene rings is 2. The van der Waals surface area contributed by atoms with Gasteiger partial charge in [0.2, 0.25) is 0 Å². The average Bonchev–Trinajstić information content (AvgIpc) is 2.54. The lowest BCUT2D eigenvalue weighted by Gasteiger charge is -2.25. The fourth-order valence-corrected chi connectivity index (χ4v) is 2.93. The van der Waals surface area contributed by atoms with Gasteiger partial charge >= 0.3 is 11.6 Å². The Morgan fingerprint density at radius 1 is 1.08 bits per heavy atom. The molecule has 2 aromatic carbocycles. The minimum atomic E-state index is -0.802. The average molecular weight is 338 g/mol. The number of carbonyl (C=O) groups is 1. The van der Waals surface area contributed by atoms with Crippen LogP contribution in [0.5, 0.6) is 11.5 Å². The molecule has 0 aliphatic heterocycles. The van der Waals surface area contributed by atoms with Crippen LogP contribution < -0.4 is 10.4 Å². The third kappa shape index (κ3) is 3.01. The van der Waals surface area contributed by atoms with Crippen molar-refractivity contribution in [2.24, 2.45) is 0 Å². The lowest BCUT2D eigenvalue weighted by molar-refractivity contribution is -0.131. The van der Waals surface area contributed by atoms with Crippen molar-refractivity contribution >= 4 is 16.9 Å². The Morgan fingerprint density at radius 3 is 2.36 bits per heavy atom. The molecule has 128 valence electrons. The van der Waals surface area contributed by atoms with Crippen molar-refractivity contribution in [3.05, 3.63) is 70.1 Å². The highest BCUT2D eigenvalue weighted by Crippen LogP contribution is 2.38. The van der Waals surface area contributed by atoms with Gasteiger partial charge < -0.3 is 14.3 Å². The number of esters is 1. The largest absolute Gasteiger partial charge is 0.507 e. The van der Waals surface area contributed by atoms with Crippen molar-refractivity contribution in [3.63, 3.8) is 0 Å². The fourth-order valence-electron chi connectivity index (χ4n) is 2.93. The summed E-state index contributed by atoms with van der Waals surface area (Å²) in [4.78, 5) is 23.5. The second-order valence-electron chi connectivity index (χ2n) is 6.35. The Labute approximate surface area is 144 Å². The van der Waals surface area contributed by atoms with Gasteiger partial charge in [0.1, 0.15) is 17.1 Å². The first-order valence-electron chi connectivity index (χ1n) is 7.85. The molecule has 0 saturated carbocycles. The van der Waals surface area contributed by atoms with Crippen LogP contribution in [0, 0.1) is 0 Å². The molecule has 0 aliphatic rings. The zero-order chi connectivity index (χ0) is 18.2. The van der Waals surface area contributed by atoms with E-state index in [1.165, 1.54) is 6.92 Å². The molecule has 5 heteroatoms. The normalized spacial score (nSPS) is 11.5. The van der Waals surface area contributed by atoms with Crippen LogP contribution in [0.15, 0.2) is 57.7 Å². The van der Waals surface area contributed by atoms with Crippen molar-refractivity contribution in [3.8, 4) is 11.5 Å². The summed E-state index contributed by atoms with van der Waals surface area (Å²) in [6.45, 7) is 4.99. The van der Waals surface area contributed by atoms with Crippen LogP contribution in [-0.2, 0) is 10.2 Å². The molecule has 5 nitrogen and oxygen atoms in total. The predicted molar refractivity (Wildman–Crippen MR) is 94.0 cm³/mol. The van der Waals surface area contributed by atoms with Crippen molar-refractivity contribution in [1.82, 2.24) is 0 Å². The van der Waals surface area contributed by atoms with Crippen LogP contribution in [0.25, 0.3) is 11.0 Å². The smallest absolute Gasteiger partial charge is 0.344 e. The van der Waals surface area contributed by atoms with Gasteiger partial charge in [-0.3, -0.25) is 4.79 Å². The van der Waals surface area contributed by atoms with E-state index < -0.39 is 17.0 Å². The molecule has 0 atom stereocenters. The van der Waals surface area contributed by atoms with E-state index in [1.54, 1.807) is 48.5 Å². The molecule has 25 heavy (non-hydrogen) atoms. The van der Waals surface area contributed by atoms with Crippen LogP contribution >= 0.6 is 0 Å². The van der Waals surface area contributed by atoms with Crippen LogP contribution in [0.3, 0.4) is 0 Å². The zero-order valence-electron chi connectivity index (χ0n) is 14.2. The van der Waals surface area contributed by atoms with Gasteiger partial charge in [0, 0.05) is 12.3 Å². The summed E-state index contributed by atoms with van der Waals surface area (Å²) in [6.07, 6.45) is 0. The summed E-state index contributed by atoms with van der Waals surface area (Å²) < 4.78 is 10.4. The number of hydrogen-bond acceptors (Lipinski definition) is 5. The predicted octanol–water partition coefficient (Wildman–Crippen LogP) is 3.75. The van der Waals surface area contributed by atoms with Crippen molar-refractivity contribution in [2.45, 2.75) is 26.2 Å². The first-order chi connectivity index (χ1) is 11.8. The Balaban J connectivity index is 2.12. The van der Waals surface area contributed by atoms with E-state index in [0.29, 0.717) is 16.7 Å². The molecule has 0 radical (unpaired) electrons. The molecule has 0 amide bonds. The maximum Gasteiger partial charge on any atom is 0.344 e. The standard InChI is InChI=1S/C20H18O5/c1-12(21)24-14-10-8-13(9-11-14)20(2,3)17-18(22)15-6-4-5-7-16(15)25-19(17)23/h4-11,22H,1-3H3. The molecule has 1 aromatic heterocycles. The van der Waals surface area contributed by atoms with Gasteiger partial charge in [0.05, 0.1) is 10.9 Å². The summed E-state index contributed by atoms with van der Waals surface area (Å²) in [5.74, 6) is -0.0671. The van der Waals surface area contributed by atoms with E-state index in [2.05, 4.69) is 0 Å². The van der Waals surface area contributed by atoms with E-state index >= 15 is 0 Å². The second kappa shape index (κ2) is 6.09. The molecular weight excluding hydrogens is 320 g/mol. The van der Waals surface area contributed by atoms with Crippen molar-refractivity contribution < 1.29 is 19.1 Å². The van der Waals surface area contributed by atoms with E-state index in [0.717, 1.165) is 5.56 Å². The van der Waals surface area contributed by atoms with Crippen LogP contribution in [0.2, 0.25) is 0 Å². The van der Waals surface area contributed by atoms with Crippen LogP contribution in [0.1, 0.15) is 31.9 Å². The van der Waals surface area contributed by atoms with Gasteiger partial charge in [-0.15, -0.1) is 0 Å². The number of ether oxygens (including phenoxy) is 1. The monoisotopic (exact) mass is 338 g/mol. The second-order valence-corrected chi connectivity index (χ2v) is 6.35. The SMILES string of the molecule is CC(=O)Oc1ccc(C(C)(C)c2c(O)c3ccccc3oc2=O)cc1. The maximum absolute atomic E-state index is 12.5. The molecule has 3 aromatic rings. The van der Waals surface area contributed by atoms with Crippen molar-refractivity contribution in [1.29, 1.82) is 0 Å². The van der Waals surface area contributed by atoms with Gasteiger partial charge in [0.25, 0.3) is 0 Å². The number of carbonyl (C=O) groups excluding carboxylic acids is 1. The quantitative estimate of drug-likeness (QED) is 0.447. The number of aromatic hydroxyl groups is 1. The number of rotatable bonds is 3. The molecule has 1 heterocycles. The minimum Gasteiger partial charge on any atom is -0.507 e. The van der Waals surface area contributed by atoms with Gasteiger partial charge in [-0.2, -0.15) is 0 Å². The first-order valence-corrected chi connectivity index (χ1v) is 7.85. The number of hydrogen-bond donors (Lipinski definition) is 1. The van der Waals surface area contributed by atoms with Crippen LogP contribution in [0.4, 0.5) is 0 Å². The Hall–Kier alpha value is -3.08. The van der Waals surface area contributed by atoms with E-state index in [1.807, 2.05) is 13.8 Å². The highest BCUT2D eigenvalue weighted by molar-refractivity contribution is 5.84. The maximum atomic E-state index is 12.5. The first kappa shape index (κ1) is 16.8. The van der Waals surface area contributed by atoms with E-state index in [-0.39, 0.29) is 11.3 Å². The summed E-state index contributed by atoms with van der Waals surface area (Å²) in [5.41, 5.74) is -0.0727. The molecule has 0 saturated heterocycles. The lowest BCUT2D eigenvalue weighted by atomic mass is 9.78. The minimum absolute atomic E-state index is 0.0825. The summed E-state index contributed by atoms with van der Waals surface area (Å²) in [7, 11) is 0. The molecule has 0 spiro atoms. The zero-order valence-corrected chi connectivity index (χ0v) is 14.2. The highest BCUT2D eigenvalue weighted by atomic mass is 16.5. The van der Waals surface area contributed by atoms with Crippen molar-refractivity contribution in [2.75, 3.05) is 0 Å². The van der Waals surface area contributed by atoms with Gasteiger partial charge in [-0.25, -0.2) is 4.79 Å². The van der Waals surface area contributed by atoms with Gasteiger partial charge in [-0.05, 0) is 29.8 Å². The van der Waals surface area contributed by atoms with E-state index in [9.17, 15) is 14.7 Å². The Morgan fingerprint density at radius 2 is 1.72 bits per heavy atom. The molecule has 0 unspecified atom stereocenters. The molecule has 3 rings (SSSR count). The Kier molecular flexibility index (Phi) is 4.08. The fraction of sp³-hybridized carbons (Fsp3) is 0.200. The lowest BCUT2D eigenvalue weighted by Crippen LogP contribution is -2.27. The molecule has 0 bridgehead atoms. The van der Waals surface area contributed by atoms with E-state index in [4.69, 9.17) is 9.15 Å². The Bertz CT molecular complexity index is 997. The summed E-state index contributed by atoms with van der Waals surface area (Å²) in [6, 6.07) is 13.7. The summed E-state index contributed by atoms with van der Waals surface area (Å²) >= 11 is 0. The molecular formula is C20H18O5. The molecule has 0 aliphatic carbocycles. The summed E-state index contributed by atoms with van der Waals surface area (Å²) in [5, 5.41) is 11.2. The third-order valence-corrected chi connectivity index (χ3v) is 4.25. The molecule has 1 N–H and O–H groups in total.